The van der Waals surface area contributed by atoms with E-state index in [9.17, 15) is 5.11 Å². The van der Waals surface area contributed by atoms with Crippen molar-refractivity contribution < 1.29 is 19.3 Å². The monoisotopic (exact) mass is 258 g/mol. The Morgan fingerprint density at radius 3 is 2.83 bits per heavy atom. The maximum Gasteiger partial charge on any atom is 0.0730 e. The van der Waals surface area contributed by atoms with E-state index in [-0.39, 0.29) is 11.7 Å². The summed E-state index contributed by atoms with van der Waals surface area (Å²) in [5.74, 6) is 0.383. The molecule has 4 heteroatoms. The molecule has 2 aliphatic rings. The van der Waals surface area contributed by atoms with E-state index in [1.807, 2.05) is 0 Å². The first kappa shape index (κ1) is 14.3. The number of hydrogen-bond acceptors (Lipinski definition) is 4. The number of hydrogen-bond donors (Lipinski definition) is 1. The summed E-state index contributed by atoms with van der Waals surface area (Å²) in [5, 5.41) is 10.3. The second-order valence-electron chi connectivity index (χ2n) is 5.60. The summed E-state index contributed by atoms with van der Waals surface area (Å²) >= 11 is 0. The highest BCUT2D eigenvalue weighted by atomic mass is 16.5. The standard InChI is InChI=1S/C14H26O4/c1-16-7-2-3-13(15)12-4-8-18-14(11-12)5-9-17-10-6-14/h12-13,15H,2-11H2,1H3. The van der Waals surface area contributed by atoms with Crippen molar-refractivity contribution >= 4 is 0 Å². The average Bonchev–Trinajstić information content (AvgIpc) is 2.40. The Hall–Kier alpha value is -0.160. The van der Waals surface area contributed by atoms with Gasteiger partial charge in [-0.15, -0.1) is 0 Å². The van der Waals surface area contributed by atoms with Crippen molar-refractivity contribution in [3.8, 4) is 0 Å². The summed E-state index contributed by atoms with van der Waals surface area (Å²) in [6, 6.07) is 0. The fourth-order valence-electron chi connectivity index (χ4n) is 3.16. The highest BCUT2D eigenvalue weighted by Gasteiger charge is 2.40. The van der Waals surface area contributed by atoms with Crippen molar-refractivity contribution in [3.05, 3.63) is 0 Å². The van der Waals surface area contributed by atoms with Crippen molar-refractivity contribution in [2.75, 3.05) is 33.5 Å². The third kappa shape index (κ3) is 3.67. The minimum absolute atomic E-state index is 0.0105. The van der Waals surface area contributed by atoms with E-state index >= 15 is 0 Å². The van der Waals surface area contributed by atoms with Gasteiger partial charge < -0.3 is 19.3 Å². The predicted octanol–water partition coefficient (Wildman–Crippen LogP) is 1.75. The van der Waals surface area contributed by atoms with Gasteiger partial charge in [-0.1, -0.05) is 0 Å². The zero-order chi connectivity index (χ0) is 12.8. The first-order chi connectivity index (χ1) is 8.76. The number of aliphatic hydroxyl groups is 1. The van der Waals surface area contributed by atoms with E-state index < -0.39 is 0 Å². The fourth-order valence-corrected chi connectivity index (χ4v) is 3.16. The van der Waals surface area contributed by atoms with Gasteiger partial charge in [0.25, 0.3) is 0 Å². The zero-order valence-electron chi connectivity index (χ0n) is 11.4. The van der Waals surface area contributed by atoms with Crippen LogP contribution in [0.1, 0.15) is 38.5 Å². The molecule has 2 unspecified atom stereocenters. The lowest BCUT2D eigenvalue weighted by molar-refractivity contribution is -0.159. The molecule has 0 aromatic heterocycles. The van der Waals surface area contributed by atoms with Crippen LogP contribution < -0.4 is 0 Å². The fraction of sp³-hybridized carbons (Fsp3) is 1.00. The van der Waals surface area contributed by atoms with E-state index in [2.05, 4.69) is 0 Å². The molecule has 0 bridgehead atoms. The van der Waals surface area contributed by atoms with Gasteiger partial charge in [0.1, 0.15) is 0 Å². The van der Waals surface area contributed by atoms with E-state index in [4.69, 9.17) is 14.2 Å². The van der Waals surface area contributed by atoms with Gasteiger partial charge in [-0.3, -0.25) is 0 Å². The Morgan fingerprint density at radius 1 is 1.33 bits per heavy atom. The molecule has 2 atom stereocenters. The van der Waals surface area contributed by atoms with Crippen LogP contribution in [-0.2, 0) is 14.2 Å². The van der Waals surface area contributed by atoms with Crippen LogP contribution >= 0.6 is 0 Å². The minimum atomic E-state index is -0.205. The van der Waals surface area contributed by atoms with Crippen LogP contribution in [0, 0.1) is 5.92 Å². The molecule has 0 saturated carbocycles. The summed E-state index contributed by atoms with van der Waals surface area (Å²) in [5.41, 5.74) is -0.0105. The summed E-state index contributed by atoms with van der Waals surface area (Å²) < 4.78 is 16.4. The molecule has 106 valence electrons. The second-order valence-corrected chi connectivity index (χ2v) is 5.60. The van der Waals surface area contributed by atoms with Crippen LogP contribution in [-0.4, -0.2) is 50.3 Å². The van der Waals surface area contributed by atoms with Crippen molar-refractivity contribution in [1.82, 2.24) is 0 Å². The zero-order valence-corrected chi connectivity index (χ0v) is 11.4. The van der Waals surface area contributed by atoms with E-state index in [0.29, 0.717) is 5.92 Å². The molecule has 0 aromatic carbocycles. The first-order valence-electron chi connectivity index (χ1n) is 7.14. The van der Waals surface area contributed by atoms with Crippen molar-refractivity contribution in [3.63, 3.8) is 0 Å². The molecule has 0 radical (unpaired) electrons. The number of rotatable bonds is 5. The Labute approximate surface area is 110 Å². The van der Waals surface area contributed by atoms with E-state index in [1.165, 1.54) is 0 Å². The molecule has 2 aliphatic heterocycles. The van der Waals surface area contributed by atoms with Crippen molar-refractivity contribution in [2.24, 2.45) is 5.92 Å². The normalized spacial score (nSPS) is 29.3. The molecule has 1 spiro atoms. The van der Waals surface area contributed by atoms with Gasteiger partial charge in [0.2, 0.25) is 0 Å². The Balaban J connectivity index is 1.81. The lowest BCUT2D eigenvalue weighted by Crippen LogP contribution is -2.46. The predicted molar refractivity (Wildman–Crippen MR) is 68.6 cm³/mol. The largest absolute Gasteiger partial charge is 0.393 e. The van der Waals surface area contributed by atoms with Crippen molar-refractivity contribution in [1.29, 1.82) is 0 Å². The highest BCUT2D eigenvalue weighted by molar-refractivity contribution is 4.90. The van der Waals surface area contributed by atoms with Crippen molar-refractivity contribution in [2.45, 2.75) is 50.2 Å². The van der Waals surface area contributed by atoms with E-state index in [0.717, 1.165) is 65.0 Å². The van der Waals surface area contributed by atoms with Crippen LogP contribution in [0.5, 0.6) is 0 Å². The first-order valence-corrected chi connectivity index (χ1v) is 7.14. The van der Waals surface area contributed by atoms with Crippen LogP contribution in [0.15, 0.2) is 0 Å². The second kappa shape index (κ2) is 6.85. The lowest BCUT2D eigenvalue weighted by Gasteiger charge is -2.44. The van der Waals surface area contributed by atoms with Crippen LogP contribution in [0.3, 0.4) is 0 Å². The Kier molecular flexibility index (Phi) is 5.42. The quantitative estimate of drug-likeness (QED) is 0.763. The number of ether oxygens (including phenoxy) is 3. The summed E-state index contributed by atoms with van der Waals surface area (Å²) in [4.78, 5) is 0. The smallest absolute Gasteiger partial charge is 0.0730 e. The summed E-state index contributed by atoms with van der Waals surface area (Å²) in [6.07, 6.45) is 5.50. The summed E-state index contributed by atoms with van der Waals surface area (Å²) in [7, 11) is 1.71. The van der Waals surface area contributed by atoms with Gasteiger partial charge in [0.05, 0.1) is 11.7 Å². The van der Waals surface area contributed by atoms with Gasteiger partial charge in [0, 0.05) is 33.5 Å². The highest BCUT2D eigenvalue weighted by Crippen LogP contribution is 2.38. The minimum Gasteiger partial charge on any atom is -0.393 e. The molecule has 0 aliphatic carbocycles. The third-order valence-corrected chi connectivity index (χ3v) is 4.33. The molecular formula is C14H26O4. The maximum atomic E-state index is 10.3. The van der Waals surface area contributed by atoms with Gasteiger partial charge >= 0.3 is 0 Å². The Morgan fingerprint density at radius 2 is 2.11 bits per heavy atom. The van der Waals surface area contributed by atoms with Gasteiger partial charge in [-0.2, -0.15) is 0 Å². The lowest BCUT2D eigenvalue weighted by atomic mass is 9.78. The Bertz CT molecular complexity index is 232. The molecule has 2 heterocycles. The van der Waals surface area contributed by atoms with E-state index in [1.54, 1.807) is 7.11 Å². The number of aliphatic hydroxyl groups excluding tert-OH is 1. The molecule has 0 amide bonds. The molecule has 1 N–H and O–H groups in total. The molecule has 4 nitrogen and oxygen atoms in total. The van der Waals surface area contributed by atoms with Gasteiger partial charge in [0.15, 0.2) is 0 Å². The molecule has 18 heavy (non-hydrogen) atoms. The molecule has 2 rings (SSSR count). The summed E-state index contributed by atoms with van der Waals surface area (Å²) in [6.45, 7) is 3.12. The average molecular weight is 258 g/mol. The molecule has 2 fully saturated rings. The molecule has 0 aromatic rings. The van der Waals surface area contributed by atoms with Gasteiger partial charge in [-0.05, 0) is 44.4 Å². The SMILES string of the molecule is COCCCC(O)C1CCOC2(CCOCC2)C1. The maximum absolute atomic E-state index is 10.3. The number of methoxy groups -OCH3 is 1. The molecule has 2 saturated heterocycles. The van der Waals surface area contributed by atoms with Gasteiger partial charge in [-0.25, -0.2) is 0 Å². The van der Waals surface area contributed by atoms with Crippen LogP contribution in [0.2, 0.25) is 0 Å². The third-order valence-electron chi connectivity index (χ3n) is 4.33. The van der Waals surface area contributed by atoms with Crippen LogP contribution in [0.25, 0.3) is 0 Å². The van der Waals surface area contributed by atoms with Crippen LogP contribution in [0.4, 0.5) is 0 Å². The molecular weight excluding hydrogens is 232 g/mol. The topological polar surface area (TPSA) is 47.9 Å².